The summed E-state index contributed by atoms with van der Waals surface area (Å²) in [5.74, 6) is -1.10. The van der Waals surface area contributed by atoms with E-state index in [0.717, 1.165) is 5.69 Å². The molecule has 9 heteroatoms. The van der Waals surface area contributed by atoms with E-state index < -0.39 is 16.7 Å². The summed E-state index contributed by atoms with van der Waals surface area (Å²) in [6.45, 7) is 0. The van der Waals surface area contributed by atoms with Crippen molar-refractivity contribution < 1.29 is 14.5 Å². The molecule has 9 nitrogen and oxygen atoms in total. The van der Waals surface area contributed by atoms with Gasteiger partial charge in [-0.25, -0.2) is 5.43 Å². The van der Waals surface area contributed by atoms with Crippen LogP contribution in [0.2, 0.25) is 0 Å². The highest BCUT2D eigenvalue weighted by atomic mass is 16.6. The highest BCUT2D eigenvalue weighted by molar-refractivity contribution is 6.05. The average Bonchev–Trinajstić information content (AvgIpc) is 2.84. The minimum Gasteiger partial charge on any atom is -0.378 e. The largest absolute Gasteiger partial charge is 0.378 e. The first-order valence-electron chi connectivity index (χ1n) is 10.3. The summed E-state index contributed by atoms with van der Waals surface area (Å²) in [5, 5.41) is 17.4. The first-order valence-corrected chi connectivity index (χ1v) is 10.3. The fourth-order valence-electron chi connectivity index (χ4n) is 2.92. The lowest BCUT2D eigenvalue weighted by Crippen LogP contribution is -2.32. The van der Waals surface area contributed by atoms with Gasteiger partial charge in [-0.15, -0.1) is 0 Å². The smallest absolute Gasteiger partial charge is 0.287 e. The lowest BCUT2D eigenvalue weighted by Gasteiger charge is -2.12. The molecule has 0 aliphatic rings. The van der Waals surface area contributed by atoms with Crippen LogP contribution < -0.4 is 15.6 Å². The third-order valence-corrected chi connectivity index (χ3v) is 4.71. The highest BCUT2D eigenvalue weighted by Gasteiger charge is 2.14. The lowest BCUT2D eigenvalue weighted by atomic mass is 10.1. The van der Waals surface area contributed by atoms with Crippen molar-refractivity contribution in [1.29, 1.82) is 0 Å². The first-order chi connectivity index (χ1) is 16.3. The molecule has 0 aliphatic heterocycles. The molecule has 34 heavy (non-hydrogen) atoms. The molecular weight excluding hydrogens is 434 g/mol. The number of anilines is 1. The molecule has 0 saturated heterocycles. The van der Waals surface area contributed by atoms with Crippen LogP contribution in [0.3, 0.4) is 0 Å². The molecule has 0 heterocycles. The van der Waals surface area contributed by atoms with E-state index in [-0.39, 0.29) is 11.4 Å². The summed E-state index contributed by atoms with van der Waals surface area (Å²) in [5.41, 5.74) is 4.77. The Kier molecular flexibility index (Phi) is 7.85. The van der Waals surface area contributed by atoms with Crippen molar-refractivity contribution in [3.05, 3.63) is 111 Å². The predicted molar refractivity (Wildman–Crippen MR) is 131 cm³/mol. The van der Waals surface area contributed by atoms with Crippen molar-refractivity contribution in [3.63, 3.8) is 0 Å². The van der Waals surface area contributed by atoms with Gasteiger partial charge in [0.2, 0.25) is 0 Å². The molecule has 3 aromatic carbocycles. The maximum absolute atomic E-state index is 12.8. The molecule has 172 valence electrons. The molecule has 3 rings (SSSR count). The first kappa shape index (κ1) is 23.9. The van der Waals surface area contributed by atoms with Gasteiger partial charge in [0, 0.05) is 43.0 Å². The van der Waals surface area contributed by atoms with E-state index in [1.54, 1.807) is 42.5 Å². The van der Waals surface area contributed by atoms with Crippen molar-refractivity contribution in [2.75, 3.05) is 19.0 Å². The number of carbonyl (C=O) groups excluding carboxylic acids is 2. The number of nitrogens with zero attached hydrogens (tertiary/aromatic N) is 3. The third-order valence-electron chi connectivity index (χ3n) is 4.71. The Morgan fingerprint density at radius 2 is 1.65 bits per heavy atom. The molecule has 3 aromatic rings. The zero-order valence-corrected chi connectivity index (χ0v) is 18.6. The van der Waals surface area contributed by atoms with Crippen LogP contribution in [0.4, 0.5) is 11.4 Å². The molecule has 2 N–H and O–H groups in total. The molecule has 0 aliphatic carbocycles. The van der Waals surface area contributed by atoms with Gasteiger partial charge in [-0.3, -0.25) is 19.7 Å². The number of amides is 2. The van der Waals surface area contributed by atoms with E-state index >= 15 is 0 Å². The fraction of sp³-hybridized carbons (Fsp3) is 0.0800. The number of nitro benzene ring substituents is 1. The van der Waals surface area contributed by atoms with E-state index in [0.29, 0.717) is 16.7 Å². The van der Waals surface area contributed by atoms with Gasteiger partial charge in [-0.2, -0.15) is 5.10 Å². The molecule has 0 unspecified atom stereocenters. The minimum absolute atomic E-state index is 0.0114. The zero-order chi connectivity index (χ0) is 24.5. The van der Waals surface area contributed by atoms with Crippen LogP contribution in [-0.4, -0.2) is 37.0 Å². The van der Waals surface area contributed by atoms with E-state index in [1.807, 2.05) is 43.3 Å². The molecular formula is C25H23N5O4. The fourth-order valence-corrected chi connectivity index (χ4v) is 2.92. The highest BCUT2D eigenvalue weighted by Crippen LogP contribution is 2.15. The van der Waals surface area contributed by atoms with Crippen LogP contribution in [0.25, 0.3) is 6.08 Å². The number of nitrogens with one attached hydrogen (secondary N) is 2. The maximum atomic E-state index is 12.8. The van der Waals surface area contributed by atoms with Crippen LogP contribution >= 0.6 is 0 Å². The predicted octanol–water partition coefficient (Wildman–Crippen LogP) is 3.58. The minimum atomic E-state index is -0.650. The number of hydrogen-bond donors (Lipinski definition) is 2. The summed E-state index contributed by atoms with van der Waals surface area (Å²) in [6, 6.07) is 21.8. The monoisotopic (exact) mass is 457 g/mol. The van der Waals surface area contributed by atoms with E-state index in [4.69, 9.17) is 0 Å². The number of benzene rings is 3. The molecule has 0 aromatic heterocycles. The Morgan fingerprint density at radius 3 is 2.29 bits per heavy atom. The van der Waals surface area contributed by atoms with Gasteiger partial charge in [0.05, 0.1) is 11.1 Å². The maximum Gasteiger partial charge on any atom is 0.287 e. The Morgan fingerprint density at radius 1 is 0.941 bits per heavy atom. The van der Waals surface area contributed by atoms with Gasteiger partial charge in [0.1, 0.15) is 5.70 Å². The summed E-state index contributed by atoms with van der Waals surface area (Å²) >= 11 is 0. The van der Waals surface area contributed by atoms with Crippen LogP contribution in [0.5, 0.6) is 0 Å². The summed E-state index contributed by atoms with van der Waals surface area (Å²) in [6.07, 6.45) is 2.83. The van der Waals surface area contributed by atoms with Gasteiger partial charge in [0.25, 0.3) is 17.5 Å². The number of hydrogen-bond acceptors (Lipinski definition) is 6. The van der Waals surface area contributed by atoms with Crippen LogP contribution in [0, 0.1) is 10.1 Å². The lowest BCUT2D eigenvalue weighted by molar-refractivity contribution is -0.384. The topological polar surface area (TPSA) is 117 Å². The van der Waals surface area contributed by atoms with Gasteiger partial charge < -0.3 is 10.2 Å². The SMILES string of the molecule is CN(C)c1ccc(C=C(NC(=O)c2ccccc2)C(=O)NN=Cc2cccc([N+](=O)[O-])c2)cc1. The number of rotatable bonds is 8. The Hall–Kier alpha value is -4.79. The van der Waals surface area contributed by atoms with Gasteiger partial charge in [-0.05, 0) is 35.9 Å². The third kappa shape index (κ3) is 6.60. The molecule has 0 spiro atoms. The Balaban J connectivity index is 1.81. The average molecular weight is 457 g/mol. The second-order valence-corrected chi connectivity index (χ2v) is 7.42. The van der Waals surface area contributed by atoms with E-state index in [1.165, 1.54) is 24.4 Å². The van der Waals surface area contributed by atoms with Gasteiger partial charge in [-0.1, -0.05) is 42.5 Å². The summed E-state index contributed by atoms with van der Waals surface area (Å²) in [7, 11) is 3.84. The molecule has 0 bridgehead atoms. The van der Waals surface area contributed by atoms with Gasteiger partial charge >= 0.3 is 0 Å². The number of carbonyl (C=O) groups is 2. The molecule has 0 radical (unpaired) electrons. The molecule has 2 amide bonds. The van der Waals surface area contributed by atoms with Crippen LogP contribution in [0.1, 0.15) is 21.5 Å². The number of non-ortho nitro benzene ring substituents is 1. The van der Waals surface area contributed by atoms with Crippen LogP contribution in [-0.2, 0) is 4.79 Å². The normalized spacial score (nSPS) is 11.2. The Labute approximate surface area is 196 Å². The van der Waals surface area contributed by atoms with E-state index in [2.05, 4.69) is 15.8 Å². The van der Waals surface area contributed by atoms with E-state index in [9.17, 15) is 19.7 Å². The van der Waals surface area contributed by atoms with Crippen molar-refractivity contribution in [3.8, 4) is 0 Å². The number of nitro groups is 1. The summed E-state index contributed by atoms with van der Waals surface area (Å²) < 4.78 is 0. The van der Waals surface area contributed by atoms with Gasteiger partial charge in [0.15, 0.2) is 0 Å². The second-order valence-electron chi connectivity index (χ2n) is 7.42. The summed E-state index contributed by atoms with van der Waals surface area (Å²) in [4.78, 5) is 37.8. The quantitative estimate of drug-likeness (QED) is 0.232. The van der Waals surface area contributed by atoms with Crippen LogP contribution in [0.15, 0.2) is 89.7 Å². The van der Waals surface area contributed by atoms with Crippen molar-refractivity contribution in [2.24, 2.45) is 5.10 Å². The Bertz CT molecular complexity index is 1240. The molecule has 0 saturated carbocycles. The standard InChI is InChI=1S/C25H23N5O4/c1-29(2)21-13-11-18(12-14-21)16-23(27-24(31)20-8-4-3-5-9-20)25(32)28-26-17-19-7-6-10-22(15-19)30(33)34/h3-17H,1-2H3,(H,27,31)(H,28,32). The zero-order valence-electron chi connectivity index (χ0n) is 18.6. The molecule has 0 fully saturated rings. The van der Waals surface area contributed by atoms with Crippen molar-refractivity contribution in [1.82, 2.24) is 10.7 Å². The van der Waals surface area contributed by atoms with Crippen molar-refractivity contribution in [2.45, 2.75) is 0 Å². The second kappa shape index (κ2) is 11.2. The molecule has 0 atom stereocenters. The van der Waals surface area contributed by atoms with Crippen molar-refractivity contribution >= 4 is 35.5 Å². The number of hydrazone groups is 1.